The van der Waals surface area contributed by atoms with E-state index in [4.69, 9.17) is 5.11 Å². The van der Waals surface area contributed by atoms with Gasteiger partial charge in [0, 0.05) is 5.69 Å². The van der Waals surface area contributed by atoms with Gasteiger partial charge < -0.3 is 10.4 Å². The first kappa shape index (κ1) is 13.8. The third-order valence-corrected chi connectivity index (χ3v) is 2.88. The first-order valence-electron chi connectivity index (χ1n) is 6.19. The van der Waals surface area contributed by atoms with Gasteiger partial charge in [-0.15, -0.1) is 0 Å². The number of amides is 1. The van der Waals surface area contributed by atoms with E-state index in [1.165, 1.54) is 12.1 Å². The molecule has 0 atom stereocenters. The van der Waals surface area contributed by atoms with Crippen molar-refractivity contribution in [3.8, 4) is 0 Å². The predicted octanol–water partition coefficient (Wildman–Crippen LogP) is 3.25. The van der Waals surface area contributed by atoms with Gasteiger partial charge in [-0.05, 0) is 49.2 Å². The molecule has 2 N–H and O–H groups in total. The van der Waals surface area contributed by atoms with Crippen LogP contribution in [0.25, 0.3) is 0 Å². The summed E-state index contributed by atoms with van der Waals surface area (Å²) in [5.74, 6) is -1.54. The number of carboxylic acid groups (broad SMARTS) is 1. The highest BCUT2D eigenvalue weighted by molar-refractivity contribution is 6.10. The Bertz CT molecular complexity index is 657. The van der Waals surface area contributed by atoms with Crippen molar-refractivity contribution in [3.05, 3.63) is 64.7 Å². The summed E-state index contributed by atoms with van der Waals surface area (Å²) in [6.45, 7) is 3.88. The van der Waals surface area contributed by atoms with E-state index in [1.807, 2.05) is 32.0 Å². The molecule has 1 amide bonds. The minimum absolute atomic E-state index is 0.00521. The van der Waals surface area contributed by atoms with Gasteiger partial charge in [-0.2, -0.15) is 0 Å². The molecule has 0 aliphatic rings. The molecular formula is C16H15NO3. The topological polar surface area (TPSA) is 66.4 Å². The number of carboxylic acids is 1. The summed E-state index contributed by atoms with van der Waals surface area (Å²) in [6.07, 6.45) is 0. The highest BCUT2D eigenvalue weighted by Gasteiger charge is 2.15. The molecule has 4 heteroatoms. The van der Waals surface area contributed by atoms with Crippen molar-refractivity contribution in [1.29, 1.82) is 0 Å². The Morgan fingerprint density at radius 2 is 1.50 bits per heavy atom. The fraction of sp³-hybridized carbons (Fsp3) is 0.125. The van der Waals surface area contributed by atoms with Crippen LogP contribution in [0, 0.1) is 13.8 Å². The highest BCUT2D eigenvalue weighted by atomic mass is 16.4. The van der Waals surface area contributed by atoms with E-state index in [0.717, 1.165) is 11.1 Å². The van der Waals surface area contributed by atoms with Gasteiger partial charge in [0.15, 0.2) is 0 Å². The van der Waals surface area contributed by atoms with Gasteiger partial charge in [-0.1, -0.05) is 18.2 Å². The molecule has 2 aromatic carbocycles. The molecule has 0 spiro atoms. The number of hydrogen-bond acceptors (Lipinski definition) is 2. The Hall–Kier alpha value is -2.62. The molecule has 0 aliphatic heterocycles. The molecule has 0 bridgehead atoms. The maximum absolute atomic E-state index is 12.2. The van der Waals surface area contributed by atoms with Crippen LogP contribution >= 0.6 is 0 Å². The quantitative estimate of drug-likeness (QED) is 0.898. The van der Waals surface area contributed by atoms with Crippen LogP contribution in [-0.4, -0.2) is 17.0 Å². The van der Waals surface area contributed by atoms with Crippen molar-refractivity contribution in [1.82, 2.24) is 0 Å². The summed E-state index contributed by atoms with van der Waals surface area (Å²) in [7, 11) is 0. The van der Waals surface area contributed by atoms with Crippen LogP contribution in [0.2, 0.25) is 0 Å². The van der Waals surface area contributed by atoms with Crippen LogP contribution in [0.15, 0.2) is 42.5 Å². The molecule has 102 valence electrons. The number of nitrogens with one attached hydrogen (secondary N) is 1. The Labute approximate surface area is 117 Å². The van der Waals surface area contributed by atoms with Crippen molar-refractivity contribution < 1.29 is 14.7 Å². The highest BCUT2D eigenvalue weighted by Crippen LogP contribution is 2.16. The minimum Gasteiger partial charge on any atom is -0.478 e. The summed E-state index contributed by atoms with van der Waals surface area (Å²) >= 11 is 0. The average Bonchev–Trinajstić information content (AvgIpc) is 2.37. The lowest BCUT2D eigenvalue weighted by atomic mass is 10.1. The molecule has 0 fully saturated rings. The Balaban J connectivity index is 2.31. The first-order chi connectivity index (χ1) is 9.47. The van der Waals surface area contributed by atoms with Crippen LogP contribution in [0.1, 0.15) is 31.8 Å². The second-order valence-corrected chi connectivity index (χ2v) is 4.68. The molecular weight excluding hydrogens is 254 g/mol. The van der Waals surface area contributed by atoms with Gasteiger partial charge in [-0.25, -0.2) is 4.79 Å². The van der Waals surface area contributed by atoms with Gasteiger partial charge in [0.05, 0.1) is 11.1 Å². The zero-order valence-electron chi connectivity index (χ0n) is 11.3. The Morgan fingerprint density at radius 1 is 0.950 bits per heavy atom. The maximum Gasteiger partial charge on any atom is 0.336 e. The largest absolute Gasteiger partial charge is 0.478 e. The van der Waals surface area contributed by atoms with Gasteiger partial charge in [0.25, 0.3) is 5.91 Å². The lowest BCUT2D eigenvalue weighted by molar-refractivity contribution is 0.0692. The molecule has 0 unspecified atom stereocenters. The van der Waals surface area contributed by atoms with Gasteiger partial charge >= 0.3 is 5.97 Å². The van der Waals surface area contributed by atoms with E-state index in [9.17, 15) is 9.59 Å². The zero-order chi connectivity index (χ0) is 14.7. The zero-order valence-corrected chi connectivity index (χ0v) is 11.3. The number of carbonyl (C=O) groups excluding carboxylic acids is 1. The van der Waals surface area contributed by atoms with E-state index in [1.54, 1.807) is 12.1 Å². The predicted molar refractivity (Wildman–Crippen MR) is 77.3 cm³/mol. The molecule has 20 heavy (non-hydrogen) atoms. The van der Waals surface area contributed by atoms with Crippen LogP contribution in [0.5, 0.6) is 0 Å². The standard InChI is InChI=1S/C16H15NO3/c1-10-7-11(2)9-12(8-10)17-15(18)13-5-3-4-6-14(13)16(19)20/h3-9H,1-2H3,(H,17,18)(H,19,20). The van der Waals surface area contributed by atoms with Crippen LogP contribution in [-0.2, 0) is 0 Å². The lowest BCUT2D eigenvalue weighted by Gasteiger charge is -2.09. The molecule has 0 aromatic heterocycles. The molecule has 2 aromatic rings. The Kier molecular flexibility index (Phi) is 3.84. The normalized spacial score (nSPS) is 10.1. The molecule has 0 saturated carbocycles. The summed E-state index contributed by atoms with van der Waals surface area (Å²) in [6, 6.07) is 11.8. The van der Waals surface area contributed by atoms with Crippen LogP contribution in [0.4, 0.5) is 5.69 Å². The molecule has 0 heterocycles. The van der Waals surface area contributed by atoms with E-state index in [-0.39, 0.29) is 11.1 Å². The number of rotatable bonds is 3. The lowest BCUT2D eigenvalue weighted by Crippen LogP contribution is -2.16. The molecule has 0 radical (unpaired) electrons. The Morgan fingerprint density at radius 3 is 2.05 bits per heavy atom. The van der Waals surface area contributed by atoms with Crippen molar-refractivity contribution in [2.24, 2.45) is 0 Å². The van der Waals surface area contributed by atoms with E-state index >= 15 is 0 Å². The number of anilines is 1. The number of benzene rings is 2. The first-order valence-corrected chi connectivity index (χ1v) is 6.19. The average molecular weight is 269 g/mol. The van der Waals surface area contributed by atoms with Crippen molar-refractivity contribution in [2.75, 3.05) is 5.32 Å². The van der Waals surface area contributed by atoms with Crippen molar-refractivity contribution in [3.63, 3.8) is 0 Å². The van der Waals surface area contributed by atoms with Crippen LogP contribution in [0.3, 0.4) is 0 Å². The summed E-state index contributed by atoms with van der Waals surface area (Å²) in [5.41, 5.74) is 2.87. The molecule has 0 saturated heterocycles. The smallest absolute Gasteiger partial charge is 0.336 e. The molecule has 2 rings (SSSR count). The van der Waals surface area contributed by atoms with Crippen molar-refractivity contribution >= 4 is 17.6 Å². The summed E-state index contributed by atoms with van der Waals surface area (Å²) in [5, 5.41) is 11.8. The molecule has 4 nitrogen and oxygen atoms in total. The van der Waals surface area contributed by atoms with E-state index < -0.39 is 11.9 Å². The van der Waals surface area contributed by atoms with Crippen LogP contribution < -0.4 is 5.32 Å². The third kappa shape index (κ3) is 3.03. The fourth-order valence-electron chi connectivity index (χ4n) is 2.11. The number of carbonyl (C=O) groups is 2. The number of hydrogen-bond donors (Lipinski definition) is 2. The van der Waals surface area contributed by atoms with E-state index in [2.05, 4.69) is 5.32 Å². The minimum atomic E-state index is -1.11. The summed E-state index contributed by atoms with van der Waals surface area (Å²) < 4.78 is 0. The second kappa shape index (κ2) is 5.57. The maximum atomic E-state index is 12.2. The monoisotopic (exact) mass is 269 g/mol. The second-order valence-electron chi connectivity index (χ2n) is 4.68. The number of aromatic carboxylic acids is 1. The van der Waals surface area contributed by atoms with Gasteiger partial charge in [0.2, 0.25) is 0 Å². The molecule has 0 aliphatic carbocycles. The van der Waals surface area contributed by atoms with Gasteiger partial charge in [0.1, 0.15) is 0 Å². The van der Waals surface area contributed by atoms with Gasteiger partial charge in [-0.3, -0.25) is 4.79 Å². The number of aryl methyl sites for hydroxylation is 2. The fourth-order valence-corrected chi connectivity index (χ4v) is 2.11. The SMILES string of the molecule is Cc1cc(C)cc(NC(=O)c2ccccc2C(=O)O)c1. The van der Waals surface area contributed by atoms with Crippen molar-refractivity contribution in [2.45, 2.75) is 13.8 Å². The van der Waals surface area contributed by atoms with E-state index in [0.29, 0.717) is 5.69 Å². The summed E-state index contributed by atoms with van der Waals surface area (Å²) in [4.78, 5) is 23.3. The third-order valence-electron chi connectivity index (χ3n) is 2.88.